The van der Waals surface area contributed by atoms with E-state index in [1.807, 2.05) is 11.0 Å². The van der Waals surface area contributed by atoms with E-state index in [0.717, 1.165) is 30.0 Å². The molecule has 5 nitrogen and oxygen atoms in total. The van der Waals surface area contributed by atoms with Gasteiger partial charge in [0.25, 0.3) is 5.56 Å². The molecule has 0 bridgehead atoms. The fraction of sp³-hybridized carbons (Fsp3) is 0.312. The first-order chi connectivity index (χ1) is 11.1. The van der Waals surface area contributed by atoms with E-state index < -0.39 is 0 Å². The van der Waals surface area contributed by atoms with Gasteiger partial charge < -0.3 is 4.90 Å². The molecule has 0 saturated heterocycles. The first-order valence-electron chi connectivity index (χ1n) is 7.50. The van der Waals surface area contributed by atoms with Crippen molar-refractivity contribution in [3.8, 4) is 0 Å². The molecule has 7 heteroatoms. The summed E-state index contributed by atoms with van der Waals surface area (Å²) in [6.07, 6.45) is 1.88. The highest BCUT2D eigenvalue weighted by Gasteiger charge is 2.22. The number of aryl methyl sites for hydroxylation is 2. The number of fused-ring (bicyclic) bond motifs is 2. The summed E-state index contributed by atoms with van der Waals surface area (Å²) in [7, 11) is 0. The summed E-state index contributed by atoms with van der Waals surface area (Å²) < 4.78 is 15.5. The molecule has 2 aromatic heterocycles. The van der Waals surface area contributed by atoms with Crippen LogP contribution in [0.25, 0.3) is 4.96 Å². The number of aromatic nitrogens is 3. The second-order valence-electron chi connectivity index (χ2n) is 5.70. The molecule has 1 aromatic carbocycles. The van der Waals surface area contributed by atoms with Crippen molar-refractivity contribution in [2.45, 2.75) is 26.3 Å². The molecule has 0 amide bonds. The second-order valence-corrected chi connectivity index (χ2v) is 6.74. The zero-order valence-corrected chi connectivity index (χ0v) is 13.4. The van der Waals surface area contributed by atoms with Crippen molar-refractivity contribution in [2.24, 2.45) is 0 Å². The highest BCUT2D eigenvalue weighted by atomic mass is 32.1. The standard InChI is InChI=1S/C16H15FN4OS/c1-10-8-14(22)21-16(18-10)23-13(19-21)9-20-7-3-5-11-4-2-6-12(17)15(11)20/h2,4,6,8H,3,5,7,9H2,1H3. The lowest BCUT2D eigenvalue weighted by Crippen LogP contribution is -2.30. The molecule has 3 aromatic rings. The molecule has 0 N–H and O–H groups in total. The lowest BCUT2D eigenvalue weighted by molar-refractivity contribution is 0.594. The number of benzene rings is 1. The van der Waals surface area contributed by atoms with Gasteiger partial charge in [0.1, 0.15) is 10.8 Å². The van der Waals surface area contributed by atoms with Crippen molar-refractivity contribution >= 4 is 22.0 Å². The van der Waals surface area contributed by atoms with Crippen molar-refractivity contribution in [3.05, 3.63) is 56.7 Å². The Kier molecular flexibility index (Phi) is 3.37. The Morgan fingerprint density at radius 2 is 2.26 bits per heavy atom. The Labute approximate surface area is 136 Å². The van der Waals surface area contributed by atoms with E-state index in [1.54, 1.807) is 13.0 Å². The largest absolute Gasteiger partial charge is 0.362 e. The monoisotopic (exact) mass is 330 g/mol. The van der Waals surface area contributed by atoms with Gasteiger partial charge in [0.15, 0.2) is 0 Å². The van der Waals surface area contributed by atoms with E-state index in [0.29, 0.717) is 22.9 Å². The van der Waals surface area contributed by atoms with Crippen LogP contribution in [0.5, 0.6) is 0 Å². The molecule has 3 heterocycles. The molecule has 23 heavy (non-hydrogen) atoms. The predicted molar refractivity (Wildman–Crippen MR) is 87.6 cm³/mol. The van der Waals surface area contributed by atoms with Crippen molar-refractivity contribution in [1.82, 2.24) is 14.6 Å². The Morgan fingerprint density at radius 3 is 3.13 bits per heavy atom. The van der Waals surface area contributed by atoms with Gasteiger partial charge in [-0.15, -0.1) is 0 Å². The van der Waals surface area contributed by atoms with Crippen molar-refractivity contribution in [2.75, 3.05) is 11.4 Å². The molecule has 0 atom stereocenters. The van der Waals surface area contributed by atoms with Crippen LogP contribution < -0.4 is 10.5 Å². The van der Waals surface area contributed by atoms with E-state index in [-0.39, 0.29) is 11.4 Å². The number of rotatable bonds is 2. The summed E-state index contributed by atoms with van der Waals surface area (Å²) in [6, 6.07) is 6.68. The highest BCUT2D eigenvalue weighted by Crippen LogP contribution is 2.31. The minimum atomic E-state index is -0.200. The van der Waals surface area contributed by atoms with Crippen LogP contribution in [-0.4, -0.2) is 21.1 Å². The molecular weight excluding hydrogens is 315 g/mol. The zero-order valence-electron chi connectivity index (χ0n) is 12.6. The quantitative estimate of drug-likeness (QED) is 0.725. The van der Waals surface area contributed by atoms with Gasteiger partial charge in [0.05, 0.1) is 12.2 Å². The number of nitrogens with zero attached hydrogens (tertiary/aromatic N) is 4. The molecule has 118 valence electrons. The maximum Gasteiger partial charge on any atom is 0.275 e. The third kappa shape index (κ3) is 2.50. The van der Waals surface area contributed by atoms with Crippen LogP contribution in [0.3, 0.4) is 0 Å². The molecule has 0 radical (unpaired) electrons. The maximum atomic E-state index is 14.2. The molecule has 1 aliphatic heterocycles. The minimum Gasteiger partial charge on any atom is -0.362 e. The van der Waals surface area contributed by atoms with E-state index in [2.05, 4.69) is 10.1 Å². The summed E-state index contributed by atoms with van der Waals surface area (Å²) in [6.45, 7) is 3.06. The lowest BCUT2D eigenvalue weighted by atomic mass is 10.0. The number of halogens is 1. The molecular formula is C16H15FN4OS. The van der Waals surface area contributed by atoms with Crippen LogP contribution >= 0.6 is 11.3 Å². The molecule has 0 aliphatic carbocycles. The predicted octanol–water partition coefficient (Wildman–Crippen LogP) is 2.55. The normalized spacial score (nSPS) is 14.3. The van der Waals surface area contributed by atoms with Crippen LogP contribution in [0.15, 0.2) is 29.1 Å². The first kappa shape index (κ1) is 14.3. The third-order valence-corrected chi connectivity index (χ3v) is 4.89. The van der Waals surface area contributed by atoms with Gasteiger partial charge in [0.2, 0.25) is 4.96 Å². The van der Waals surface area contributed by atoms with Crippen LogP contribution in [0.2, 0.25) is 0 Å². The van der Waals surface area contributed by atoms with E-state index in [9.17, 15) is 9.18 Å². The summed E-state index contributed by atoms with van der Waals surface area (Å²) in [5, 5.41) is 5.11. The van der Waals surface area contributed by atoms with E-state index in [4.69, 9.17) is 0 Å². The van der Waals surface area contributed by atoms with Gasteiger partial charge in [-0.3, -0.25) is 4.79 Å². The smallest absolute Gasteiger partial charge is 0.275 e. The first-order valence-corrected chi connectivity index (χ1v) is 8.32. The maximum absolute atomic E-state index is 14.2. The van der Waals surface area contributed by atoms with Gasteiger partial charge in [-0.25, -0.2) is 9.37 Å². The third-order valence-electron chi connectivity index (χ3n) is 4.00. The van der Waals surface area contributed by atoms with Gasteiger partial charge in [0, 0.05) is 18.3 Å². The SMILES string of the molecule is Cc1cc(=O)n2nc(CN3CCCc4cccc(F)c43)sc2n1. The second kappa shape index (κ2) is 5.42. The van der Waals surface area contributed by atoms with Crippen molar-refractivity contribution < 1.29 is 4.39 Å². The van der Waals surface area contributed by atoms with Crippen LogP contribution in [0, 0.1) is 12.7 Å². The van der Waals surface area contributed by atoms with Crippen molar-refractivity contribution in [1.29, 1.82) is 0 Å². The van der Waals surface area contributed by atoms with Gasteiger partial charge in [-0.05, 0) is 31.4 Å². The number of hydrogen-bond donors (Lipinski definition) is 0. The molecule has 0 saturated carbocycles. The Bertz CT molecular complexity index is 949. The van der Waals surface area contributed by atoms with E-state index in [1.165, 1.54) is 28.0 Å². The topological polar surface area (TPSA) is 50.5 Å². The highest BCUT2D eigenvalue weighted by molar-refractivity contribution is 7.16. The Morgan fingerprint density at radius 1 is 1.39 bits per heavy atom. The number of hydrogen-bond acceptors (Lipinski definition) is 5. The molecule has 0 spiro atoms. The van der Waals surface area contributed by atoms with Crippen LogP contribution in [0.1, 0.15) is 22.7 Å². The van der Waals surface area contributed by atoms with Crippen LogP contribution in [0.4, 0.5) is 10.1 Å². The lowest BCUT2D eigenvalue weighted by Gasteiger charge is -2.30. The van der Waals surface area contributed by atoms with E-state index >= 15 is 0 Å². The van der Waals surface area contributed by atoms with Crippen LogP contribution in [-0.2, 0) is 13.0 Å². The fourth-order valence-electron chi connectivity index (χ4n) is 3.03. The van der Waals surface area contributed by atoms with Gasteiger partial charge in [-0.1, -0.05) is 23.5 Å². The summed E-state index contributed by atoms with van der Waals surface area (Å²) in [5.74, 6) is -0.200. The molecule has 0 fully saturated rings. The number of anilines is 1. The summed E-state index contributed by atoms with van der Waals surface area (Å²) in [5.41, 5.74) is 2.19. The van der Waals surface area contributed by atoms with Crippen molar-refractivity contribution in [3.63, 3.8) is 0 Å². The zero-order chi connectivity index (χ0) is 16.0. The average molecular weight is 330 g/mol. The molecule has 1 aliphatic rings. The van der Waals surface area contributed by atoms with Gasteiger partial charge in [-0.2, -0.15) is 9.61 Å². The fourth-order valence-corrected chi connectivity index (χ4v) is 3.99. The van der Waals surface area contributed by atoms with Gasteiger partial charge >= 0.3 is 0 Å². The molecule has 4 rings (SSSR count). The number of para-hydroxylation sites is 1. The Hall–Kier alpha value is -2.28. The average Bonchev–Trinajstić information content (AvgIpc) is 2.90. The molecule has 0 unspecified atom stereocenters. The Balaban J connectivity index is 1.73. The summed E-state index contributed by atoms with van der Waals surface area (Å²) >= 11 is 1.38. The minimum absolute atomic E-state index is 0.180. The summed E-state index contributed by atoms with van der Waals surface area (Å²) in [4.78, 5) is 18.9.